The second-order valence-electron chi connectivity index (χ2n) is 5.68. The van der Waals surface area contributed by atoms with Crippen LogP contribution in [0.15, 0.2) is 36.7 Å². The minimum atomic E-state index is -0.503. The van der Waals surface area contributed by atoms with Crippen LogP contribution in [0.5, 0.6) is 0 Å². The van der Waals surface area contributed by atoms with Gasteiger partial charge < -0.3 is 10.2 Å². The van der Waals surface area contributed by atoms with E-state index in [0.717, 1.165) is 12.8 Å². The Bertz CT molecular complexity index is 723. The molecule has 8 nitrogen and oxygen atoms in total. The summed E-state index contributed by atoms with van der Waals surface area (Å²) < 4.78 is 1.79. The first kappa shape index (κ1) is 16.0. The van der Waals surface area contributed by atoms with Crippen molar-refractivity contribution in [1.29, 1.82) is 0 Å². The van der Waals surface area contributed by atoms with Crippen LogP contribution in [-0.4, -0.2) is 45.1 Å². The molecule has 3 rings (SSSR count). The number of benzene rings is 1. The Morgan fingerprint density at radius 2 is 2.12 bits per heavy atom. The molecule has 2 heterocycles. The maximum Gasteiger partial charge on any atom is 0.282 e. The van der Waals surface area contributed by atoms with E-state index >= 15 is 0 Å². The number of carbonyl (C=O) groups is 1. The zero-order valence-electron chi connectivity index (χ0n) is 13.2. The van der Waals surface area contributed by atoms with Gasteiger partial charge in [0.2, 0.25) is 0 Å². The van der Waals surface area contributed by atoms with Crippen LogP contribution in [0.3, 0.4) is 0 Å². The van der Waals surface area contributed by atoms with Crippen molar-refractivity contribution in [1.82, 2.24) is 14.7 Å². The van der Waals surface area contributed by atoms with Gasteiger partial charge in [-0.05, 0) is 31.0 Å². The lowest BCUT2D eigenvalue weighted by Crippen LogP contribution is -2.28. The Morgan fingerprint density at radius 1 is 1.33 bits per heavy atom. The molecule has 0 saturated carbocycles. The highest BCUT2D eigenvalue weighted by Crippen LogP contribution is 2.25. The molecule has 24 heavy (non-hydrogen) atoms. The molecule has 0 atom stereocenters. The number of nitro benzene ring substituents is 1. The summed E-state index contributed by atoms with van der Waals surface area (Å²) in [6, 6.07) is 6.43. The predicted octanol–water partition coefficient (Wildman–Crippen LogP) is 2.14. The summed E-state index contributed by atoms with van der Waals surface area (Å²) in [6.07, 6.45) is 5.46. The van der Waals surface area contributed by atoms with Crippen LogP contribution in [0.1, 0.15) is 23.2 Å². The van der Waals surface area contributed by atoms with Gasteiger partial charge in [0.05, 0.1) is 11.5 Å². The number of anilines is 1. The second-order valence-corrected chi connectivity index (χ2v) is 5.68. The third-order valence-electron chi connectivity index (χ3n) is 4.05. The molecule has 0 aliphatic carbocycles. The molecule has 1 saturated heterocycles. The van der Waals surface area contributed by atoms with Crippen molar-refractivity contribution in [3.8, 4) is 0 Å². The molecule has 1 aliphatic heterocycles. The van der Waals surface area contributed by atoms with Gasteiger partial charge in [0, 0.05) is 43.8 Å². The fourth-order valence-corrected chi connectivity index (χ4v) is 2.81. The van der Waals surface area contributed by atoms with Crippen molar-refractivity contribution < 1.29 is 9.72 Å². The average Bonchev–Trinajstić information content (AvgIpc) is 3.27. The molecule has 126 valence electrons. The Labute approximate surface area is 139 Å². The van der Waals surface area contributed by atoms with E-state index in [-0.39, 0.29) is 17.2 Å². The fraction of sp³-hybridized carbons (Fsp3) is 0.375. The average molecular weight is 329 g/mol. The molecular formula is C16H19N5O3. The Balaban J connectivity index is 1.74. The molecule has 0 spiro atoms. The minimum absolute atomic E-state index is 0.144. The highest BCUT2D eigenvalue weighted by Gasteiger charge is 2.26. The Kier molecular flexibility index (Phi) is 4.74. The molecule has 1 amide bonds. The smallest absolute Gasteiger partial charge is 0.282 e. The largest absolute Gasteiger partial charge is 0.383 e. The zero-order valence-corrected chi connectivity index (χ0v) is 13.2. The lowest BCUT2D eigenvalue weighted by atomic mass is 10.1. The van der Waals surface area contributed by atoms with Crippen molar-refractivity contribution in [3.05, 3.63) is 52.3 Å². The van der Waals surface area contributed by atoms with Crippen LogP contribution >= 0.6 is 0 Å². The quantitative estimate of drug-likeness (QED) is 0.647. The number of amides is 1. The van der Waals surface area contributed by atoms with Gasteiger partial charge in [-0.1, -0.05) is 0 Å². The van der Waals surface area contributed by atoms with Crippen LogP contribution in [-0.2, 0) is 6.54 Å². The van der Waals surface area contributed by atoms with Crippen molar-refractivity contribution in [3.63, 3.8) is 0 Å². The topological polar surface area (TPSA) is 93.3 Å². The summed E-state index contributed by atoms with van der Waals surface area (Å²) in [5.41, 5.74) is 0.686. The lowest BCUT2D eigenvalue weighted by molar-refractivity contribution is -0.385. The zero-order chi connectivity index (χ0) is 16.9. The maximum absolute atomic E-state index is 12.6. The highest BCUT2D eigenvalue weighted by atomic mass is 16.6. The Morgan fingerprint density at radius 3 is 2.79 bits per heavy atom. The number of rotatable bonds is 6. The van der Waals surface area contributed by atoms with Crippen LogP contribution in [0.2, 0.25) is 0 Å². The molecule has 0 unspecified atom stereocenters. The number of likely N-dealkylation sites (tertiary alicyclic amines) is 1. The van der Waals surface area contributed by atoms with Gasteiger partial charge in [-0.3, -0.25) is 19.6 Å². The summed E-state index contributed by atoms with van der Waals surface area (Å²) in [6.45, 7) is 2.59. The molecule has 1 aromatic heterocycles. The molecule has 0 radical (unpaired) electrons. The molecule has 0 bridgehead atoms. The lowest BCUT2D eigenvalue weighted by Gasteiger charge is -2.16. The van der Waals surface area contributed by atoms with Crippen molar-refractivity contribution in [2.45, 2.75) is 19.4 Å². The van der Waals surface area contributed by atoms with Gasteiger partial charge in [0.25, 0.3) is 11.6 Å². The summed E-state index contributed by atoms with van der Waals surface area (Å²) in [4.78, 5) is 25.0. The molecule has 8 heteroatoms. The van der Waals surface area contributed by atoms with E-state index in [9.17, 15) is 14.9 Å². The van der Waals surface area contributed by atoms with E-state index in [1.165, 1.54) is 6.07 Å². The van der Waals surface area contributed by atoms with Gasteiger partial charge in [-0.25, -0.2) is 0 Å². The normalized spacial score (nSPS) is 13.9. The van der Waals surface area contributed by atoms with Crippen molar-refractivity contribution in [2.75, 3.05) is 25.0 Å². The van der Waals surface area contributed by atoms with Gasteiger partial charge in [-0.2, -0.15) is 5.10 Å². The first-order chi connectivity index (χ1) is 11.6. The van der Waals surface area contributed by atoms with Crippen molar-refractivity contribution in [2.24, 2.45) is 0 Å². The first-order valence-electron chi connectivity index (χ1n) is 7.94. The molecule has 1 aliphatic rings. The van der Waals surface area contributed by atoms with Crippen LogP contribution in [0, 0.1) is 10.1 Å². The molecular weight excluding hydrogens is 310 g/mol. The SMILES string of the molecule is O=C(c1cc(NCCn2cccn2)ccc1[N+](=O)[O-])N1CCCC1. The van der Waals surface area contributed by atoms with E-state index < -0.39 is 4.92 Å². The number of hydrogen-bond acceptors (Lipinski definition) is 5. The number of nitrogens with one attached hydrogen (secondary N) is 1. The predicted molar refractivity (Wildman–Crippen MR) is 89.0 cm³/mol. The molecule has 1 aromatic carbocycles. The van der Waals surface area contributed by atoms with Gasteiger partial charge in [-0.15, -0.1) is 0 Å². The summed E-state index contributed by atoms with van der Waals surface area (Å²) in [5.74, 6) is -0.269. The van der Waals surface area contributed by atoms with Gasteiger partial charge in [0.1, 0.15) is 5.56 Å². The van der Waals surface area contributed by atoms with E-state index in [2.05, 4.69) is 10.4 Å². The molecule has 1 N–H and O–H groups in total. The minimum Gasteiger partial charge on any atom is -0.383 e. The van der Waals surface area contributed by atoms with E-state index in [4.69, 9.17) is 0 Å². The van der Waals surface area contributed by atoms with Crippen molar-refractivity contribution >= 4 is 17.3 Å². The fourth-order valence-electron chi connectivity index (χ4n) is 2.81. The number of aromatic nitrogens is 2. The second kappa shape index (κ2) is 7.12. The monoisotopic (exact) mass is 329 g/mol. The maximum atomic E-state index is 12.6. The Hall–Kier alpha value is -2.90. The highest BCUT2D eigenvalue weighted by molar-refractivity contribution is 5.99. The molecule has 2 aromatic rings. The number of hydrogen-bond donors (Lipinski definition) is 1. The van der Waals surface area contributed by atoms with Gasteiger partial charge >= 0.3 is 0 Å². The molecule has 1 fully saturated rings. The van der Waals surface area contributed by atoms with Crippen LogP contribution in [0.4, 0.5) is 11.4 Å². The van der Waals surface area contributed by atoms with E-state index in [0.29, 0.717) is 31.9 Å². The summed E-state index contributed by atoms with van der Waals surface area (Å²) in [5, 5.41) is 18.5. The first-order valence-corrected chi connectivity index (χ1v) is 7.94. The third-order valence-corrected chi connectivity index (χ3v) is 4.05. The third kappa shape index (κ3) is 3.53. The summed E-state index contributed by atoms with van der Waals surface area (Å²) in [7, 11) is 0. The van der Waals surface area contributed by atoms with E-state index in [1.54, 1.807) is 27.9 Å². The standard InChI is InChI=1S/C16H19N5O3/c22-16(19-8-1-2-9-19)14-12-13(4-5-15(14)21(23)24)17-7-11-20-10-3-6-18-20/h3-6,10,12,17H,1-2,7-9,11H2. The number of nitro groups is 1. The number of nitrogens with zero attached hydrogens (tertiary/aromatic N) is 4. The summed E-state index contributed by atoms with van der Waals surface area (Å²) >= 11 is 0. The van der Waals surface area contributed by atoms with Crippen LogP contribution < -0.4 is 5.32 Å². The number of carbonyl (C=O) groups excluding carboxylic acids is 1. The van der Waals surface area contributed by atoms with E-state index in [1.807, 2.05) is 12.3 Å². The van der Waals surface area contributed by atoms with Gasteiger partial charge in [0.15, 0.2) is 0 Å². The van der Waals surface area contributed by atoms with Crippen LogP contribution in [0.25, 0.3) is 0 Å².